The molecule has 0 aliphatic carbocycles. The van der Waals surface area contributed by atoms with E-state index in [1.54, 1.807) is 0 Å². The van der Waals surface area contributed by atoms with Crippen molar-refractivity contribution in [1.82, 2.24) is 9.80 Å². The third-order valence-corrected chi connectivity index (χ3v) is 5.77. The second kappa shape index (κ2) is 13.0. The average molecular weight is 469 g/mol. The number of hydrogen-bond acceptors (Lipinski definition) is 3. The Morgan fingerprint density at radius 1 is 0.882 bits per heavy atom. The molecule has 2 aromatic carbocycles. The molecule has 0 unspecified atom stereocenters. The van der Waals surface area contributed by atoms with Gasteiger partial charge in [0.25, 0.3) is 0 Å². The van der Waals surface area contributed by atoms with Gasteiger partial charge >= 0.3 is 0 Å². The molecular weight excluding hydrogens is 434 g/mol. The minimum absolute atomic E-state index is 0.0293. The van der Waals surface area contributed by atoms with Crippen LogP contribution in [0.25, 0.3) is 0 Å². The van der Waals surface area contributed by atoms with Gasteiger partial charge in [-0.05, 0) is 61.7 Å². The van der Waals surface area contributed by atoms with Gasteiger partial charge in [0.15, 0.2) is 0 Å². The number of halogens is 2. The number of rotatable bonds is 13. The number of hydrogen-bond donors (Lipinski definition) is 0. The Morgan fingerprint density at radius 3 is 2.26 bits per heavy atom. The number of carbonyl (C=O) groups excluding carboxylic acids is 1. The van der Waals surface area contributed by atoms with Gasteiger partial charge in [-0.1, -0.05) is 50.1 Å². The van der Waals surface area contributed by atoms with Crippen LogP contribution in [0.3, 0.4) is 0 Å². The first kappa shape index (κ1) is 25.6. The number of unbranched alkanes of at least 4 members (excludes halogenated alkanes) is 2. The topological polar surface area (TPSA) is 36.7 Å². The van der Waals surface area contributed by atoms with E-state index < -0.39 is 11.6 Å². The van der Waals surface area contributed by atoms with Gasteiger partial charge < -0.3 is 9.32 Å². The van der Waals surface area contributed by atoms with E-state index in [1.807, 2.05) is 47.1 Å². The molecule has 0 spiro atoms. The summed E-state index contributed by atoms with van der Waals surface area (Å²) >= 11 is 0. The summed E-state index contributed by atoms with van der Waals surface area (Å²) in [5.74, 6) is 0.307. The van der Waals surface area contributed by atoms with Crippen LogP contribution in [0.15, 0.2) is 65.1 Å². The second-order valence-corrected chi connectivity index (χ2v) is 8.76. The van der Waals surface area contributed by atoms with E-state index in [4.69, 9.17) is 4.42 Å². The fourth-order valence-corrected chi connectivity index (χ4v) is 4.01. The smallest absolute Gasteiger partial charge is 0.237 e. The fourth-order valence-electron chi connectivity index (χ4n) is 4.01. The zero-order valence-corrected chi connectivity index (χ0v) is 20.1. The third kappa shape index (κ3) is 8.41. The Kier molecular flexibility index (Phi) is 9.83. The summed E-state index contributed by atoms with van der Waals surface area (Å²) in [6, 6.07) is 17.4. The van der Waals surface area contributed by atoms with Crippen LogP contribution in [0.2, 0.25) is 0 Å². The van der Waals surface area contributed by atoms with Crippen LogP contribution in [0.5, 0.6) is 0 Å². The lowest BCUT2D eigenvalue weighted by atomic mass is 10.1. The number of aryl methyl sites for hydroxylation is 1. The Morgan fingerprint density at radius 2 is 1.62 bits per heavy atom. The number of nitrogens with zero attached hydrogens (tertiary/aromatic N) is 2. The van der Waals surface area contributed by atoms with Crippen molar-refractivity contribution < 1.29 is 18.0 Å². The standard InChI is InChI=1S/C28H34F2N2O2/c1-3-4-8-14-31(19-24-16-25(29)18-26(30)17-24)21-28(33)32(20-27-12-11-22(2)34-27)15-13-23-9-6-5-7-10-23/h5-7,9-12,16-18H,3-4,8,13-15,19-21H2,1-2H3. The van der Waals surface area contributed by atoms with Gasteiger partial charge in [-0.3, -0.25) is 9.69 Å². The van der Waals surface area contributed by atoms with Crippen molar-refractivity contribution in [3.05, 3.63) is 94.9 Å². The van der Waals surface area contributed by atoms with E-state index in [0.29, 0.717) is 31.7 Å². The molecule has 1 aromatic heterocycles. The van der Waals surface area contributed by atoms with Crippen molar-refractivity contribution in [2.45, 2.75) is 52.6 Å². The van der Waals surface area contributed by atoms with E-state index in [0.717, 1.165) is 48.8 Å². The SMILES string of the molecule is CCCCCN(CC(=O)N(CCc1ccccc1)Cc1ccc(C)o1)Cc1cc(F)cc(F)c1. The largest absolute Gasteiger partial charge is 0.464 e. The summed E-state index contributed by atoms with van der Waals surface area (Å²) in [5, 5.41) is 0. The molecule has 0 bridgehead atoms. The fraction of sp³-hybridized carbons (Fsp3) is 0.393. The van der Waals surface area contributed by atoms with Gasteiger partial charge in [-0.15, -0.1) is 0 Å². The molecular formula is C28H34F2N2O2. The van der Waals surface area contributed by atoms with Gasteiger partial charge in [-0.2, -0.15) is 0 Å². The minimum atomic E-state index is -0.604. The molecule has 3 rings (SSSR count). The summed E-state index contributed by atoms with van der Waals surface area (Å²) in [6.07, 6.45) is 3.74. The van der Waals surface area contributed by atoms with E-state index in [-0.39, 0.29) is 12.5 Å². The van der Waals surface area contributed by atoms with Crippen molar-refractivity contribution in [2.24, 2.45) is 0 Å². The molecule has 0 saturated heterocycles. The van der Waals surface area contributed by atoms with Crippen LogP contribution in [-0.2, 0) is 24.3 Å². The maximum absolute atomic E-state index is 13.7. The molecule has 0 saturated carbocycles. The molecule has 0 radical (unpaired) electrons. The highest BCUT2D eigenvalue weighted by atomic mass is 19.1. The lowest BCUT2D eigenvalue weighted by Gasteiger charge is -2.27. The first-order valence-electron chi connectivity index (χ1n) is 12.0. The van der Waals surface area contributed by atoms with E-state index in [1.165, 1.54) is 12.1 Å². The molecule has 0 aliphatic heterocycles. The summed E-state index contributed by atoms with van der Waals surface area (Å²) in [4.78, 5) is 17.2. The molecule has 1 amide bonds. The van der Waals surface area contributed by atoms with Crippen LogP contribution in [0.1, 0.15) is 48.8 Å². The Labute approximate surface area is 201 Å². The van der Waals surface area contributed by atoms with Crippen LogP contribution in [-0.4, -0.2) is 35.3 Å². The zero-order valence-electron chi connectivity index (χ0n) is 20.1. The second-order valence-electron chi connectivity index (χ2n) is 8.76. The van der Waals surface area contributed by atoms with Gasteiger partial charge in [0.05, 0.1) is 13.1 Å². The minimum Gasteiger partial charge on any atom is -0.464 e. The molecule has 6 heteroatoms. The number of amides is 1. The van der Waals surface area contributed by atoms with Gasteiger partial charge in [0, 0.05) is 19.2 Å². The van der Waals surface area contributed by atoms with Crippen molar-refractivity contribution >= 4 is 5.91 Å². The molecule has 1 heterocycles. The molecule has 3 aromatic rings. The molecule has 0 atom stereocenters. The van der Waals surface area contributed by atoms with Gasteiger partial charge in [-0.25, -0.2) is 8.78 Å². The zero-order chi connectivity index (χ0) is 24.3. The lowest BCUT2D eigenvalue weighted by molar-refractivity contribution is -0.133. The van der Waals surface area contributed by atoms with Crippen molar-refractivity contribution in [1.29, 1.82) is 0 Å². The molecule has 182 valence electrons. The number of carbonyl (C=O) groups is 1. The highest BCUT2D eigenvalue weighted by Gasteiger charge is 2.20. The predicted molar refractivity (Wildman–Crippen MR) is 130 cm³/mol. The van der Waals surface area contributed by atoms with Crippen molar-refractivity contribution in [3.8, 4) is 0 Å². The van der Waals surface area contributed by atoms with Gasteiger partial charge in [0.2, 0.25) is 5.91 Å². The Bertz CT molecular complexity index is 1020. The van der Waals surface area contributed by atoms with Crippen molar-refractivity contribution in [2.75, 3.05) is 19.6 Å². The van der Waals surface area contributed by atoms with Crippen LogP contribution < -0.4 is 0 Å². The van der Waals surface area contributed by atoms with Crippen molar-refractivity contribution in [3.63, 3.8) is 0 Å². The molecule has 4 nitrogen and oxygen atoms in total. The Hall–Kier alpha value is -2.99. The van der Waals surface area contributed by atoms with Crippen LogP contribution in [0, 0.1) is 18.6 Å². The summed E-state index contributed by atoms with van der Waals surface area (Å²) in [7, 11) is 0. The summed E-state index contributed by atoms with van der Waals surface area (Å²) in [6.45, 7) is 6.12. The van der Waals surface area contributed by atoms with E-state index in [9.17, 15) is 13.6 Å². The average Bonchev–Trinajstić information content (AvgIpc) is 3.21. The molecule has 34 heavy (non-hydrogen) atoms. The Balaban J connectivity index is 1.72. The summed E-state index contributed by atoms with van der Waals surface area (Å²) in [5.41, 5.74) is 1.69. The third-order valence-electron chi connectivity index (χ3n) is 5.77. The molecule has 0 N–H and O–H groups in total. The maximum atomic E-state index is 13.7. The summed E-state index contributed by atoms with van der Waals surface area (Å²) < 4.78 is 33.2. The normalized spacial score (nSPS) is 11.2. The number of benzene rings is 2. The first-order valence-corrected chi connectivity index (χ1v) is 12.0. The highest BCUT2D eigenvalue weighted by molar-refractivity contribution is 5.78. The first-order chi connectivity index (χ1) is 16.4. The number of furan rings is 1. The molecule has 0 aliphatic rings. The predicted octanol–water partition coefficient (Wildman–Crippen LogP) is 6.13. The van der Waals surface area contributed by atoms with E-state index >= 15 is 0 Å². The van der Waals surface area contributed by atoms with Crippen LogP contribution in [0.4, 0.5) is 8.78 Å². The highest BCUT2D eigenvalue weighted by Crippen LogP contribution is 2.15. The van der Waals surface area contributed by atoms with E-state index in [2.05, 4.69) is 19.1 Å². The monoisotopic (exact) mass is 468 g/mol. The maximum Gasteiger partial charge on any atom is 0.237 e. The van der Waals surface area contributed by atoms with Crippen LogP contribution >= 0.6 is 0 Å². The lowest BCUT2D eigenvalue weighted by Crippen LogP contribution is -2.41. The molecule has 0 fully saturated rings. The quantitative estimate of drug-likeness (QED) is 0.283. The van der Waals surface area contributed by atoms with Gasteiger partial charge in [0.1, 0.15) is 23.2 Å².